The summed E-state index contributed by atoms with van der Waals surface area (Å²) in [5, 5.41) is 17.4. The van der Waals surface area contributed by atoms with Crippen LogP contribution in [0.2, 0.25) is 0 Å². The minimum absolute atomic E-state index is 0.178. The van der Waals surface area contributed by atoms with Gasteiger partial charge in [0.25, 0.3) is 5.91 Å². The average Bonchev–Trinajstić information content (AvgIpc) is 2.52. The molecule has 7 nitrogen and oxygen atoms in total. The van der Waals surface area contributed by atoms with E-state index in [-0.39, 0.29) is 18.7 Å². The van der Waals surface area contributed by atoms with Crippen LogP contribution in [0.5, 0.6) is 17.2 Å². The zero-order valence-electron chi connectivity index (χ0n) is 12.0. The van der Waals surface area contributed by atoms with Crippen molar-refractivity contribution < 1.29 is 19.0 Å². The Balaban J connectivity index is 3.27. The fraction of sp³-hybridized carbons (Fsp3) is 0.357. The smallest absolute Gasteiger partial charge is 0.255 e. The first kappa shape index (κ1) is 16.1. The minimum Gasteiger partial charge on any atom is -0.493 e. The van der Waals surface area contributed by atoms with E-state index in [1.165, 1.54) is 33.5 Å². The molecule has 0 N–H and O–H groups in total. The lowest BCUT2D eigenvalue weighted by Gasteiger charge is -2.18. The highest BCUT2D eigenvalue weighted by Gasteiger charge is 2.20. The van der Waals surface area contributed by atoms with Gasteiger partial charge in [-0.1, -0.05) is 0 Å². The normalized spacial score (nSPS) is 9.19. The molecule has 1 aromatic rings. The highest BCUT2D eigenvalue weighted by molar-refractivity contribution is 5.96. The second-order valence-electron chi connectivity index (χ2n) is 3.89. The van der Waals surface area contributed by atoms with Crippen molar-refractivity contribution in [1.29, 1.82) is 10.5 Å². The van der Waals surface area contributed by atoms with Gasteiger partial charge in [-0.2, -0.15) is 10.5 Å². The summed E-state index contributed by atoms with van der Waals surface area (Å²) in [4.78, 5) is 13.5. The maximum atomic E-state index is 12.3. The number of benzene rings is 1. The fourth-order valence-electron chi connectivity index (χ4n) is 1.76. The highest BCUT2D eigenvalue weighted by atomic mass is 16.5. The maximum Gasteiger partial charge on any atom is 0.255 e. The first-order valence-corrected chi connectivity index (χ1v) is 5.96. The summed E-state index contributed by atoms with van der Waals surface area (Å²) in [5.74, 6) is 0.559. The standard InChI is InChI=1S/C14H15N3O4/c1-19-11-8-10(9-12(20-2)13(11)21-3)14(18)17(6-4-15)7-5-16/h8-9H,6-7H2,1-3H3. The molecule has 1 aromatic carbocycles. The molecule has 0 aliphatic heterocycles. The van der Waals surface area contributed by atoms with Gasteiger partial charge in [0.1, 0.15) is 13.1 Å². The molecular formula is C14H15N3O4. The van der Waals surface area contributed by atoms with Crippen molar-refractivity contribution in [3.63, 3.8) is 0 Å². The Bertz CT molecular complexity index is 560. The fourth-order valence-corrected chi connectivity index (χ4v) is 1.76. The second kappa shape index (κ2) is 7.61. The molecule has 0 aliphatic rings. The van der Waals surface area contributed by atoms with Crippen molar-refractivity contribution in [2.45, 2.75) is 0 Å². The number of ether oxygens (including phenoxy) is 3. The lowest BCUT2D eigenvalue weighted by atomic mass is 10.1. The molecule has 0 bridgehead atoms. The van der Waals surface area contributed by atoms with E-state index in [4.69, 9.17) is 24.7 Å². The largest absolute Gasteiger partial charge is 0.493 e. The molecule has 0 unspecified atom stereocenters. The molecule has 0 radical (unpaired) electrons. The summed E-state index contributed by atoms with van der Waals surface area (Å²) in [5.41, 5.74) is 0.245. The lowest BCUT2D eigenvalue weighted by Crippen LogP contribution is -2.31. The van der Waals surface area contributed by atoms with Crippen LogP contribution < -0.4 is 14.2 Å². The molecule has 7 heteroatoms. The number of amides is 1. The maximum absolute atomic E-state index is 12.3. The van der Waals surface area contributed by atoms with Crippen molar-refractivity contribution in [1.82, 2.24) is 4.90 Å². The highest BCUT2D eigenvalue weighted by Crippen LogP contribution is 2.38. The van der Waals surface area contributed by atoms with E-state index in [9.17, 15) is 4.79 Å². The van der Waals surface area contributed by atoms with Gasteiger partial charge in [-0.15, -0.1) is 0 Å². The number of rotatable bonds is 6. The second-order valence-corrected chi connectivity index (χ2v) is 3.89. The number of carbonyl (C=O) groups excluding carboxylic acids is 1. The van der Waals surface area contributed by atoms with Gasteiger partial charge in [-0.3, -0.25) is 4.79 Å². The van der Waals surface area contributed by atoms with Crippen LogP contribution >= 0.6 is 0 Å². The molecule has 0 saturated carbocycles. The van der Waals surface area contributed by atoms with Crippen LogP contribution in [0, 0.1) is 22.7 Å². The molecule has 0 atom stereocenters. The Labute approximate surface area is 122 Å². The Kier molecular flexibility index (Phi) is 5.84. The summed E-state index contributed by atoms with van der Waals surface area (Å²) >= 11 is 0. The third-order valence-electron chi connectivity index (χ3n) is 2.72. The third kappa shape index (κ3) is 3.54. The topological polar surface area (TPSA) is 95.6 Å². The van der Waals surface area contributed by atoms with Crippen molar-refractivity contribution in [3.05, 3.63) is 17.7 Å². The molecule has 0 aromatic heterocycles. The van der Waals surface area contributed by atoms with E-state index in [0.29, 0.717) is 17.2 Å². The lowest BCUT2D eigenvalue weighted by molar-refractivity contribution is 0.0794. The van der Waals surface area contributed by atoms with Crippen LogP contribution in [-0.2, 0) is 0 Å². The predicted molar refractivity (Wildman–Crippen MR) is 73.2 cm³/mol. The van der Waals surface area contributed by atoms with E-state index in [1.54, 1.807) is 0 Å². The number of hydrogen-bond acceptors (Lipinski definition) is 6. The average molecular weight is 289 g/mol. The number of carbonyl (C=O) groups is 1. The Morgan fingerprint density at radius 2 is 1.52 bits per heavy atom. The number of nitrogens with zero attached hydrogens (tertiary/aromatic N) is 3. The predicted octanol–water partition coefficient (Wildman–Crippen LogP) is 1.20. The van der Waals surface area contributed by atoms with Crippen LogP contribution in [0.1, 0.15) is 10.4 Å². The van der Waals surface area contributed by atoms with Gasteiger partial charge in [0, 0.05) is 5.56 Å². The number of hydrogen-bond donors (Lipinski definition) is 0. The van der Waals surface area contributed by atoms with Crippen molar-refractivity contribution in [2.24, 2.45) is 0 Å². The Hall–Kier alpha value is -2.93. The first-order chi connectivity index (χ1) is 10.1. The van der Waals surface area contributed by atoms with E-state index < -0.39 is 5.91 Å². The summed E-state index contributed by atoms with van der Waals surface area (Å²) in [6.45, 7) is -0.355. The van der Waals surface area contributed by atoms with Gasteiger partial charge in [0.15, 0.2) is 11.5 Å². The van der Waals surface area contributed by atoms with Crippen LogP contribution in [-0.4, -0.2) is 45.2 Å². The van der Waals surface area contributed by atoms with Crippen LogP contribution in [0.25, 0.3) is 0 Å². The van der Waals surface area contributed by atoms with Gasteiger partial charge in [0.05, 0.1) is 33.5 Å². The van der Waals surface area contributed by atoms with Crippen LogP contribution in [0.15, 0.2) is 12.1 Å². The quantitative estimate of drug-likeness (QED) is 0.730. The monoisotopic (exact) mass is 289 g/mol. The molecular weight excluding hydrogens is 274 g/mol. The zero-order valence-corrected chi connectivity index (χ0v) is 12.0. The molecule has 0 spiro atoms. The van der Waals surface area contributed by atoms with Gasteiger partial charge >= 0.3 is 0 Å². The molecule has 1 amide bonds. The summed E-state index contributed by atoms with van der Waals surface area (Å²) in [6, 6.07) is 6.65. The van der Waals surface area contributed by atoms with Crippen molar-refractivity contribution in [2.75, 3.05) is 34.4 Å². The van der Waals surface area contributed by atoms with Crippen molar-refractivity contribution in [3.8, 4) is 29.4 Å². The van der Waals surface area contributed by atoms with Gasteiger partial charge in [0.2, 0.25) is 5.75 Å². The molecule has 0 heterocycles. The van der Waals surface area contributed by atoms with Gasteiger partial charge in [-0.05, 0) is 12.1 Å². The SMILES string of the molecule is COc1cc(C(=O)N(CC#N)CC#N)cc(OC)c1OC. The molecule has 0 fully saturated rings. The van der Waals surface area contributed by atoms with Crippen molar-refractivity contribution >= 4 is 5.91 Å². The first-order valence-electron chi connectivity index (χ1n) is 5.96. The van der Waals surface area contributed by atoms with Crippen LogP contribution in [0.3, 0.4) is 0 Å². The summed E-state index contributed by atoms with van der Waals surface area (Å²) in [7, 11) is 4.33. The Morgan fingerprint density at radius 1 is 1.05 bits per heavy atom. The van der Waals surface area contributed by atoms with Gasteiger partial charge < -0.3 is 19.1 Å². The molecule has 0 aliphatic carbocycles. The van der Waals surface area contributed by atoms with Crippen LogP contribution in [0.4, 0.5) is 0 Å². The van der Waals surface area contributed by atoms with E-state index in [1.807, 2.05) is 12.1 Å². The molecule has 110 valence electrons. The molecule has 1 rings (SSSR count). The Morgan fingerprint density at radius 3 is 1.86 bits per heavy atom. The zero-order chi connectivity index (χ0) is 15.8. The number of methoxy groups -OCH3 is 3. The third-order valence-corrected chi connectivity index (χ3v) is 2.72. The summed E-state index contributed by atoms with van der Waals surface area (Å²) < 4.78 is 15.5. The molecule has 21 heavy (non-hydrogen) atoms. The minimum atomic E-state index is -0.461. The number of nitriles is 2. The van der Waals surface area contributed by atoms with E-state index in [2.05, 4.69) is 0 Å². The van der Waals surface area contributed by atoms with Gasteiger partial charge in [-0.25, -0.2) is 0 Å². The van der Waals surface area contributed by atoms with E-state index >= 15 is 0 Å². The molecule has 0 saturated heterocycles. The van der Waals surface area contributed by atoms with E-state index in [0.717, 1.165) is 4.90 Å². The summed E-state index contributed by atoms with van der Waals surface area (Å²) in [6.07, 6.45) is 0.